The summed E-state index contributed by atoms with van der Waals surface area (Å²) in [6.07, 6.45) is 0. The van der Waals surface area contributed by atoms with E-state index in [9.17, 15) is 4.39 Å². The topological polar surface area (TPSA) is 35.2 Å². The van der Waals surface area contributed by atoms with Gasteiger partial charge in [-0.05, 0) is 41.3 Å². The van der Waals surface area contributed by atoms with Crippen molar-refractivity contribution < 1.29 is 9.13 Å². The third kappa shape index (κ3) is 4.02. The van der Waals surface area contributed by atoms with Crippen LogP contribution in [0.15, 0.2) is 42.5 Å². The van der Waals surface area contributed by atoms with Gasteiger partial charge in [0.2, 0.25) is 0 Å². The Morgan fingerprint density at radius 1 is 1.24 bits per heavy atom. The van der Waals surface area contributed by atoms with Crippen molar-refractivity contribution in [1.82, 2.24) is 0 Å². The summed E-state index contributed by atoms with van der Waals surface area (Å²) in [5.41, 5.74) is 7.89. The lowest BCUT2D eigenvalue weighted by Crippen LogP contribution is -2.10. The number of hydrogen-bond acceptors (Lipinski definition) is 2. The van der Waals surface area contributed by atoms with E-state index in [1.165, 1.54) is 12.1 Å². The highest BCUT2D eigenvalue weighted by Gasteiger charge is 2.08. The summed E-state index contributed by atoms with van der Waals surface area (Å²) in [6.45, 7) is 4.49. The zero-order valence-electron chi connectivity index (χ0n) is 12.1. The Balaban J connectivity index is 2.19. The van der Waals surface area contributed by atoms with E-state index in [4.69, 9.17) is 22.7 Å². The second-order valence-corrected chi connectivity index (χ2v) is 5.63. The highest BCUT2D eigenvalue weighted by atomic mass is 32.1. The van der Waals surface area contributed by atoms with Crippen LogP contribution in [-0.2, 0) is 6.61 Å². The number of ether oxygens (including phenoxy) is 1. The fourth-order valence-corrected chi connectivity index (χ4v) is 2.24. The SMILES string of the molecule is CC(C)c1ccccc1OCc1cc(F)cc(C(N)=S)c1. The van der Waals surface area contributed by atoms with E-state index in [2.05, 4.69) is 13.8 Å². The monoisotopic (exact) mass is 303 g/mol. The number of halogens is 1. The molecule has 0 aliphatic heterocycles. The Morgan fingerprint density at radius 2 is 1.95 bits per heavy atom. The van der Waals surface area contributed by atoms with Crippen LogP contribution in [0, 0.1) is 5.82 Å². The second-order valence-electron chi connectivity index (χ2n) is 5.19. The lowest BCUT2D eigenvalue weighted by atomic mass is 10.0. The van der Waals surface area contributed by atoms with Crippen molar-refractivity contribution in [2.75, 3.05) is 0 Å². The number of nitrogens with two attached hydrogens (primary N) is 1. The van der Waals surface area contributed by atoms with Crippen molar-refractivity contribution in [1.29, 1.82) is 0 Å². The van der Waals surface area contributed by atoms with Crippen LogP contribution in [-0.4, -0.2) is 4.99 Å². The first-order valence-corrected chi connectivity index (χ1v) is 7.19. The van der Waals surface area contributed by atoms with Crippen molar-refractivity contribution in [2.24, 2.45) is 5.73 Å². The summed E-state index contributed by atoms with van der Waals surface area (Å²) in [7, 11) is 0. The van der Waals surface area contributed by atoms with Gasteiger partial charge in [-0.15, -0.1) is 0 Å². The Morgan fingerprint density at radius 3 is 2.62 bits per heavy atom. The molecule has 0 spiro atoms. The fourth-order valence-electron chi connectivity index (χ4n) is 2.13. The van der Waals surface area contributed by atoms with E-state index in [1.54, 1.807) is 6.07 Å². The molecule has 2 nitrogen and oxygen atoms in total. The van der Waals surface area contributed by atoms with Gasteiger partial charge < -0.3 is 10.5 Å². The van der Waals surface area contributed by atoms with Gasteiger partial charge in [-0.3, -0.25) is 0 Å². The average molecular weight is 303 g/mol. The maximum atomic E-state index is 13.6. The van der Waals surface area contributed by atoms with Crippen LogP contribution in [0.5, 0.6) is 5.75 Å². The van der Waals surface area contributed by atoms with Crippen molar-refractivity contribution in [3.8, 4) is 5.75 Å². The predicted octanol–water partition coefficient (Wildman–Crippen LogP) is 4.16. The first kappa shape index (κ1) is 15.4. The molecule has 0 bridgehead atoms. The predicted molar refractivity (Wildman–Crippen MR) is 87.2 cm³/mol. The molecule has 21 heavy (non-hydrogen) atoms. The largest absolute Gasteiger partial charge is 0.489 e. The third-order valence-electron chi connectivity index (χ3n) is 3.18. The molecular formula is C17H18FNOS. The molecule has 0 saturated carbocycles. The highest BCUT2D eigenvalue weighted by molar-refractivity contribution is 7.80. The Hall–Kier alpha value is -1.94. The maximum Gasteiger partial charge on any atom is 0.124 e. The quantitative estimate of drug-likeness (QED) is 0.842. The van der Waals surface area contributed by atoms with E-state index < -0.39 is 0 Å². The average Bonchev–Trinajstić information content (AvgIpc) is 2.44. The van der Waals surface area contributed by atoms with Crippen LogP contribution in [0.2, 0.25) is 0 Å². The van der Waals surface area contributed by atoms with Crippen molar-refractivity contribution in [2.45, 2.75) is 26.4 Å². The maximum absolute atomic E-state index is 13.6. The standard InChI is InChI=1S/C17H18FNOS/c1-11(2)15-5-3-4-6-16(15)20-10-12-7-13(17(19)21)9-14(18)8-12/h3-9,11H,10H2,1-2H3,(H2,19,21). The summed E-state index contributed by atoms with van der Waals surface area (Å²) in [4.78, 5) is 0.179. The molecule has 0 amide bonds. The molecule has 2 aromatic carbocycles. The first-order valence-electron chi connectivity index (χ1n) is 6.78. The molecule has 0 fully saturated rings. The molecule has 2 rings (SSSR count). The van der Waals surface area contributed by atoms with E-state index in [0.717, 1.165) is 11.3 Å². The number of rotatable bonds is 5. The Labute approximate surface area is 129 Å². The first-order chi connectivity index (χ1) is 9.97. The van der Waals surface area contributed by atoms with E-state index >= 15 is 0 Å². The molecule has 4 heteroatoms. The van der Waals surface area contributed by atoms with E-state index in [0.29, 0.717) is 17.0 Å². The number of hydrogen-bond donors (Lipinski definition) is 1. The molecule has 0 aliphatic carbocycles. The van der Waals surface area contributed by atoms with Gasteiger partial charge in [-0.2, -0.15) is 0 Å². The van der Waals surface area contributed by atoms with Gasteiger partial charge in [0.15, 0.2) is 0 Å². The lowest BCUT2D eigenvalue weighted by Gasteiger charge is -2.14. The third-order valence-corrected chi connectivity index (χ3v) is 3.41. The minimum atomic E-state index is -0.365. The van der Waals surface area contributed by atoms with Gasteiger partial charge in [0, 0.05) is 5.56 Å². The van der Waals surface area contributed by atoms with Crippen LogP contribution in [0.4, 0.5) is 4.39 Å². The summed E-state index contributed by atoms with van der Waals surface area (Å²) in [5.74, 6) is 0.811. The number of para-hydroxylation sites is 1. The number of thiocarbonyl (C=S) groups is 1. The van der Waals surface area contributed by atoms with Crippen LogP contribution in [0.1, 0.15) is 36.5 Å². The normalized spacial score (nSPS) is 10.7. The minimum Gasteiger partial charge on any atom is -0.489 e. The summed E-state index contributed by atoms with van der Waals surface area (Å²) in [6, 6.07) is 12.4. The van der Waals surface area contributed by atoms with Gasteiger partial charge >= 0.3 is 0 Å². The molecule has 0 unspecified atom stereocenters. The van der Waals surface area contributed by atoms with Crippen molar-refractivity contribution in [3.05, 3.63) is 65.0 Å². The van der Waals surface area contributed by atoms with Crippen LogP contribution < -0.4 is 10.5 Å². The van der Waals surface area contributed by atoms with Crippen LogP contribution >= 0.6 is 12.2 Å². The van der Waals surface area contributed by atoms with Crippen molar-refractivity contribution >= 4 is 17.2 Å². The second kappa shape index (κ2) is 6.68. The van der Waals surface area contributed by atoms with Crippen molar-refractivity contribution in [3.63, 3.8) is 0 Å². The van der Waals surface area contributed by atoms with Crippen LogP contribution in [0.3, 0.4) is 0 Å². The van der Waals surface area contributed by atoms with Gasteiger partial charge in [0.1, 0.15) is 23.2 Å². The molecule has 2 aromatic rings. The molecule has 2 N–H and O–H groups in total. The van der Waals surface area contributed by atoms with Gasteiger partial charge in [-0.25, -0.2) is 4.39 Å². The van der Waals surface area contributed by atoms with Gasteiger partial charge in [-0.1, -0.05) is 44.3 Å². The number of benzene rings is 2. The summed E-state index contributed by atoms with van der Waals surface area (Å²) >= 11 is 4.88. The molecule has 0 atom stereocenters. The highest BCUT2D eigenvalue weighted by Crippen LogP contribution is 2.26. The van der Waals surface area contributed by atoms with E-state index in [-0.39, 0.29) is 17.4 Å². The van der Waals surface area contributed by atoms with E-state index in [1.807, 2.05) is 24.3 Å². The molecule has 0 heterocycles. The molecule has 0 radical (unpaired) electrons. The molecule has 0 aromatic heterocycles. The molecule has 0 saturated heterocycles. The van der Waals surface area contributed by atoms with Gasteiger partial charge in [0.05, 0.1) is 0 Å². The van der Waals surface area contributed by atoms with Gasteiger partial charge in [0.25, 0.3) is 0 Å². The van der Waals surface area contributed by atoms with Crippen LogP contribution in [0.25, 0.3) is 0 Å². The Kier molecular flexibility index (Phi) is 4.91. The molecular weight excluding hydrogens is 285 g/mol. The lowest BCUT2D eigenvalue weighted by molar-refractivity contribution is 0.301. The zero-order chi connectivity index (χ0) is 15.4. The summed E-state index contributed by atoms with van der Waals surface area (Å²) < 4.78 is 19.4. The minimum absolute atomic E-state index is 0.179. The molecule has 0 aliphatic rings. The summed E-state index contributed by atoms with van der Waals surface area (Å²) in [5, 5.41) is 0. The zero-order valence-corrected chi connectivity index (χ0v) is 12.9. The molecule has 110 valence electrons. The Bertz CT molecular complexity index is 655. The fraction of sp³-hybridized carbons (Fsp3) is 0.235. The smallest absolute Gasteiger partial charge is 0.124 e.